The Morgan fingerprint density at radius 1 is 1.05 bits per heavy atom. The lowest BCUT2D eigenvalue weighted by Crippen LogP contribution is -2.61. The average Bonchev–Trinajstić information content (AvgIpc) is 3.27. The summed E-state index contributed by atoms with van der Waals surface area (Å²) in [5, 5.41) is 0. The number of sulfonamides is 1. The molecule has 1 saturated heterocycles. The van der Waals surface area contributed by atoms with Gasteiger partial charge >= 0.3 is 6.03 Å². The molecule has 2 heterocycles. The predicted octanol–water partition coefficient (Wildman–Crippen LogP) is 4.14. The minimum atomic E-state index is -3.43. The summed E-state index contributed by atoms with van der Waals surface area (Å²) in [5.41, 5.74) is 8.45. The Morgan fingerprint density at radius 2 is 1.68 bits per heavy atom. The van der Waals surface area contributed by atoms with Crippen LogP contribution in [0.5, 0.6) is 0 Å². The van der Waals surface area contributed by atoms with Gasteiger partial charge in [-0.3, -0.25) is 0 Å². The zero-order valence-corrected chi connectivity index (χ0v) is 22.9. The Hall–Kier alpha value is -3.17. The number of benzene rings is 2. The van der Waals surface area contributed by atoms with E-state index in [1.54, 1.807) is 11.8 Å². The fourth-order valence-electron chi connectivity index (χ4n) is 5.25. The van der Waals surface area contributed by atoms with Crippen LogP contribution in [0, 0.1) is 5.41 Å². The van der Waals surface area contributed by atoms with E-state index in [1.165, 1.54) is 4.31 Å². The third-order valence-electron chi connectivity index (χ3n) is 7.09. The van der Waals surface area contributed by atoms with E-state index in [9.17, 15) is 13.2 Å². The molecule has 1 aromatic heterocycles. The molecular formula is C28H37N5O3S. The molecule has 1 fully saturated rings. The number of nitrogens with two attached hydrogens (primary N) is 1. The van der Waals surface area contributed by atoms with Crippen molar-refractivity contribution >= 4 is 16.1 Å². The third-order valence-corrected chi connectivity index (χ3v) is 8.94. The molecule has 4 rings (SSSR count). The fraction of sp³-hybridized carbons (Fsp3) is 0.429. The van der Waals surface area contributed by atoms with Crippen molar-refractivity contribution in [2.45, 2.75) is 46.2 Å². The summed E-state index contributed by atoms with van der Waals surface area (Å²) in [5.74, 6) is 0.537. The molecule has 3 aromatic rings. The summed E-state index contributed by atoms with van der Waals surface area (Å²) in [6, 6.07) is 19.1. The Labute approximate surface area is 220 Å². The predicted molar refractivity (Wildman–Crippen MR) is 147 cm³/mol. The third kappa shape index (κ3) is 5.88. The first-order valence-corrected chi connectivity index (χ1v) is 14.3. The van der Waals surface area contributed by atoms with E-state index in [0.29, 0.717) is 6.54 Å². The summed E-state index contributed by atoms with van der Waals surface area (Å²) in [6.45, 7) is 9.22. The Balaban J connectivity index is 1.86. The largest absolute Gasteiger partial charge is 0.351 e. The number of amides is 2. The molecule has 2 atom stereocenters. The van der Waals surface area contributed by atoms with Gasteiger partial charge in [-0.1, -0.05) is 81.4 Å². The van der Waals surface area contributed by atoms with Crippen molar-refractivity contribution in [3.63, 3.8) is 0 Å². The smallest absolute Gasteiger partial charge is 0.315 e. The highest BCUT2D eigenvalue weighted by molar-refractivity contribution is 7.89. The first-order valence-electron chi connectivity index (χ1n) is 12.7. The normalized spacial score (nSPS) is 18.1. The summed E-state index contributed by atoms with van der Waals surface area (Å²) in [7, 11) is -3.43. The summed E-state index contributed by atoms with van der Waals surface area (Å²) in [6.07, 6.45) is 2.05. The number of hydrogen-bond acceptors (Lipinski definition) is 4. The van der Waals surface area contributed by atoms with Gasteiger partial charge in [-0.2, -0.15) is 4.31 Å². The Kier molecular flexibility index (Phi) is 7.75. The molecule has 37 heavy (non-hydrogen) atoms. The highest BCUT2D eigenvalue weighted by Crippen LogP contribution is 2.42. The maximum Gasteiger partial charge on any atom is 0.315 e. The van der Waals surface area contributed by atoms with E-state index < -0.39 is 22.1 Å². The van der Waals surface area contributed by atoms with Crippen molar-refractivity contribution in [3.8, 4) is 11.3 Å². The van der Waals surface area contributed by atoms with Crippen LogP contribution in [0.1, 0.15) is 45.0 Å². The summed E-state index contributed by atoms with van der Waals surface area (Å²) < 4.78 is 29.3. The van der Waals surface area contributed by atoms with Gasteiger partial charge in [-0.15, -0.1) is 0 Å². The SMILES string of the molecule is CCS(=O)(=O)N1CCN(C(N)=O)C([C@H](c2nc(-c3ccccc3)cn2Cc2ccccc2)C(C)(C)C)C1. The van der Waals surface area contributed by atoms with Gasteiger partial charge in [-0.05, 0) is 17.9 Å². The quantitative estimate of drug-likeness (QED) is 0.503. The van der Waals surface area contributed by atoms with E-state index in [0.717, 1.165) is 22.6 Å². The molecular weight excluding hydrogens is 486 g/mol. The van der Waals surface area contributed by atoms with Crippen molar-refractivity contribution in [2.75, 3.05) is 25.4 Å². The maximum atomic E-state index is 12.9. The zero-order valence-electron chi connectivity index (χ0n) is 22.0. The van der Waals surface area contributed by atoms with Crippen LogP contribution < -0.4 is 5.73 Å². The second-order valence-corrected chi connectivity index (χ2v) is 12.9. The molecule has 9 heteroatoms. The van der Waals surface area contributed by atoms with Gasteiger partial charge in [0.15, 0.2) is 0 Å². The summed E-state index contributed by atoms with van der Waals surface area (Å²) >= 11 is 0. The Bertz CT molecular complexity index is 1320. The molecule has 2 aromatic carbocycles. The van der Waals surface area contributed by atoms with Gasteiger partial charge in [-0.25, -0.2) is 18.2 Å². The number of imidazole rings is 1. The molecule has 0 saturated carbocycles. The maximum absolute atomic E-state index is 12.9. The second-order valence-electron chi connectivity index (χ2n) is 10.7. The first-order chi connectivity index (χ1) is 17.5. The van der Waals surface area contributed by atoms with Crippen LogP contribution in [0.2, 0.25) is 0 Å². The van der Waals surface area contributed by atoms with Crippen molar-refractivity contribution in [1.29, 1.82) is 0 Å². The van der Waals surface area contributed by atoms with Gasteiger partial charge in [0.2, 0.25) is 10.0 Å². The zero-order chi connectivity index (χ0) is 26.8. The van der Waals surface area contributed by atoms with E-state index >= 15 is 0 Å². The number of nitrogens with zero attached hydrogens (tertiary/aromatic N) is 4. The molecule has 1 aliphatic heterocycles. The molecule has 1 unspecified atom stereocenters. The van der Waals surface area contributed by atoms with Crippen LogP contribution in [-0.4, -0.2) is 64.6 Å². The average molecular weight is 524 g/mol. The lowest BCUT2D eigenvalue weighted by molar-refractivity contribution is 0.0868. The van der Waals surface area contributed by atoms with Crippen LogP contribution in [0.15, 0.2) is 66.9 Å². The first kappa shape index (κ1) is 26.9. The molecule has 0 bridgehead atoms. The van der Waals surface area contributed by atoms with E-state index in [4.69, 9.17) is 10.7 Å². The van der Waals surface area contributed by atoms with Gasteiger partial charge in [0.1, 0.15) is 5.82 Å². The van der Waals surface area contributed by atoms with Crippen molar-refractivity contribution in [2.24, 2.45) is 11.1 Å². The molecule has 2 N–H and O–H groups in total. The van der Waals surface area contributed by atoms with Crippen LogP contribution in [0.3, 0.4) is 0 Å². The number of piperazine rings is 1. The number of aromatic nitrogens is 2. The molecule has 2 amide bonds. The van der Waals surface area contributed by atoms with Gasteiger partial charge in [0.05, 0.1) is 17.5 Å². The van der Waals surface area contributed by atoms with E-state index in [-0.39, 0.29) is 36.7 Å². The van der Waals surface area contributed by atoms with Crippen molar-refractivity contribution in [1.82, 2.24) is 18.8 Å². The van der Waals surface area contributed by atoms with E-state index in [1.807, 2.05) is 54.7 Å². The molecule has 198 valence electrons. The lowest BCUT2D eigenvalue weighted by Gasteiger charge is -2.47. The van der Waals surface area contributed by atoms with Gasteiger partial charge < -0.3 is 15.2 Å². The molecule has 1 aliphatic rings. The standard InChI is InChI=1S/C28H37N5O3S/c1-5-37(35,36)32-16-17-33(27(29)34)24(20-32)25(28(2,3)4)26-30-23(22-14-10-7-11-15-22)19-31(26)18-21-12-8-6-9-13-21/h6-15,19,24-25H,5,16-18,20H2,1-4H3,(H2,29,34)/t24?,25-/m1/s1. The van der Waals surface area contributed by atoms with Crippen LogP contribution in [0.4, 0.5) is 4.79 Å². The molecule has 8 nitrogen and oxygen atoms in total. The number of urea groups is 1. The number of hydrogen-bond donors (Lipinski definition) is 1. The molecule has 0 radical (unpaired) electrons. The molecule has 0 spiro atoms. The van der Waals surface area contributed by atoms with Crippen LogP contribution in [0.25, 0.3) is 11.3 Å². The van der Waals surface area contributed by atoms with Crippen molar-refractivity contribution < 1.29 is 13.2 Å². The topological polar surface area (TPSA) is 102 Å². The van der Waals surface area contributed by atoms with Crippen molar-refractivity contribution in [3.05, 3.63) is 78.2 Å². The number of primary amides is 1. The van der Waals surface area contributed by atoms with E-state index in [2.05, 4.69) is 37.5 Å². The fourth-order valence-corrected chi connectivity index (χ4v) is 6.35. The highest BCUT2D eigenvalue weighted by Gasteiger charge is 2.45. The van der Waals surface area contributed by atoms with Crippen LogP contribution in [-0.2, 0) is 16.6 Å². The minimum absolute atomic E-state index is 0.0112. The second kappa shape index (κ2) is 10.7. The summed E-state index contributed by atoms with van der Waals surface area (Å²) in [4.78, 5) is 19.4. The lowest BCUT2D eigenvalue weighted by atomic mass is 9.74. The highest BCUT2D eigenvalue weighted by atomic mass is 32.2. The molecule has 0 aliphatic carbocycles. The number of rotatable bonds is 7. The minimum Gasteiger partial charge on any atom is -0.351 e. The van der Waals surface area contributed by atoms with Gasteiger partial charge in [0, 0.05) is 43.9 Å². The van der Waals surface area contributed by atoms with Gasteiger partial charge in [0.25, 0.3) is 0 Å². The Morgan fingerprint density at radius 3 is 2.24 bits per heavy atom. The number of carbonyl (C=O) groups is 1. The monoisotopic (exact) mass is 523 g/mol. The van der Waals surface area contributed by atoms with Crippen LogP contribution >= 0.6 is 0 Å². The number of carbonyl (C=O) groups excluding carboxylic acids is 1.